The number of thioether (sulfide) groups is 1. The van der Waals surface area contributed by atoms with Gasteiger partial charge in [-0.25, -0.2) is 4.79 Å². The standard InChI is InChI=1S/C6H11NO4S/c1-12-2-4(9)6(7,3-8)5(10)11/h3-4,9H,2,7H2,1H3,(H,10,11). The van der Waals surface area contributed by atoms with Crippen molar-refractivity contribution in [1.82, 2.24) is 0 Å². The summed E-state index contributed by atoms with van der Waals surface area (Å²) in [5.41, 5.74) is 2.96. The first-order valence-corrected chi connectivity index (χ1v) is 4.54. The van der Waals surface area contributed by atoms with Crippen LogP contribution in [0.5, 0.6) is 0 Å². The summed E-state index contributed by atoms with van der Waals surface area (Å²) in [4.78, 5) is 20.8. The van der Waals surface area contributed by atoms with Crippen LogP contribution in [0.15, 0.2) is 0 Å². The zero-order valence-electron chi connectivity index (χ0n) is 6.56. The van der Waals surface area contributed by atoms with Gasteiger partial charge in [0.1, 0.15) is 0 Å². The molecule has 0 aromatic heterocycles. The summed E-state index contributed by atoms with van der Waals surface area (Å²) >= 11 is 1.22. The summed E-state index contributed by atoms with van der Waals surface area (Å²) in [5.74, 6) is -1.40. The first-order valence-electron chi connectivity index (χ1n) is 3.14. The highest BCUT2D eigenvalue weighted by molar-refractivity contribution is 7.98. The summed E-state index contributed by atoms with van der Waals surface area (Å²) in [7, 11) is 0. The van der Waals surface area contributed by atoms with E-state index in [9.17, 15) is 14.7 Å². The molecule has 6 heteroatoms. The molecule has 4 N–H and O–H groups in total. The maximum absolute atomic E-state index is 10.4. The van der Waals surface area contributed by atoms with Gasteiger partial charge in [-0.1, -0.05) is 0 Å². The number of hydrogen-bond donors (Lipinski definition) is 3. The SMILES string of the molecule is CSCC(O)C(N)(C=O)C(=O)O. The highest BCUT2D eigenvalue weighted by Crippen LogP contribution is 2.09. The minimum atomic E-state index is -2.18. The van der Waals surface area contributed by atoms with Gasteiger partial charge in [0.05, 0.1) is 6.10 Å². The summed E-state index contributed by atoms with van der Waals surface area (Å²) in [6, 6.07) is 0. The molecule has 0 aliphatic carbocycles. The van der Waals surface area contributed by atoms with Crippen LogP contribution in [-0.2, 0) is 9.59 Å². The minimum Gasteiger partial charge on any atom is -0.479 e. The lowest BCUT2D eigenvalue weighted by Crippen LogP contribution is -2.59. The Hall–Kier alpha value is -0.590. The van der Waals surface area contributed by atoms with Crippen molar-refractivity contribution >= 4 is 24.0 Å². The molecule has 0 aliphatic heterocycles. The van der Waals surface area contributed by atoms with E-state index in [1.54, 1.807) is 6.26 Å². The molecule has 2 unspecified atom stereocenters. The number of carboxylic acids is 1. The Morgan fingerprint density at radius 2 is 2.33 bits per heavy atom. The second-order valence-electron chi connectivity index (χ2n) is 2.33. The van der Waals surface area contributed by atoms with Crippen LogP contribution in [-0.4, -0.2) is 46.1 Å². The van der Waals surface area contributed by atoms with Crippen LogP contribution in [0.3, 0.4) is 0 Å². The third-order valence-corrected chi connectivity index (χ3v) is 2.09. The molecule has 2 atom stereocenters. The van der Waals surface area contributed by atoms with E-state index in [2.05, 4.69) is 0 Å². The molecule has 0 rings (SSSR count). The van der Waals surface area contributed by atoms with E-state index in [1.807, 2.05) is 0 Å². The first-order chi connectivity index (χ1) is 5.49. The number of hydrogen-bond acceptors (Lipinski definition) is 5. The summed E-state index contributed by atoms with van der Waals surface area (Å²) in [5, 5.41) is 17.7. The number of nitrogens with two attached hydrogens (primary N) is 1. The van der Waals surface area contributed by atoms with E-state index >= 15 is 0 Å². The van der Waals surface area contributed by atoms with Crippen LogP contribution < -0.4 is 5.73 Å². The van der Waals surface area contributed by atoms with Crippen LogP contribution in [0, 0.1) is 0 Å². The molecule has 0 spiro atoms. The average Bonchev–Trinajstić information content (AvgIpc) is 2.03. The molecule has 0 amide bonds. The fourth-order valence-corrected chi connectivity index (χ4v) is 1.16. The number of rotatable bonds is 5. The van der Waals surface area contributed by atoms with Crippen molar-refractivity contribution in [1.29, 1.82) is 0 Å². The molecule has 0 heterocycles. The first kappa shape index (κ1) is 11.4. The second-order valence-corrected chi connectivity index (χ2v) is 3.24. The minimum absolute atomic E-state index is 0.0518. The van der Waals surface area contributed by atoms with Crippen molar-refractivity contribution < 1.29 is 19.8 Å². The number of carbonyl (C=O) groups is 2. The number of aliphatic hydroxyl groups is 1. The van der Waals surface area contributed by atoms with Crippen molar-refractivity contribution in [3.8, 4) is 0 Å². The number of carbonyl (C=O) groups excluding carboxylic acids is 1. The van der Waals surface area contributed by atoms with Gasteiger partial charge in [0, 0.05) is 5.75 Å². The number of aliphatic hydroxyl groups excluding tert-OH is 1. The zero-order chi connectivity index (χ0) is 9.78. The van der Waals surface area contributed by atoms with E-state index < -0.39 is 17.6 Å². The Labute approximate surface area is 73.9 Å². The van der Waals surface area contributed by atoms with Crippen molar-refractivity contribution in [2.24, 2.45) is 5.73 Å². The van der Waals surface area contributed by atoms with Crippen molar-refractivity contribution in [3.63, 3.8) is 0 Å². The fourth-order valence-electron chi connectivity index (χ4n) is 0.567. The smallest absolute Gasteiger partial charge is 0.333 e. The number of aliphatic carboxylic acids is 1. The lowest BCUT2D eigenvalue weighted by molar-refractivity contribution is -0.149. The molecular formula is C6H11NO4S. The predicted molar refractivity (Wildman–Crippen MR) is 45.0 cm³/mol. The summed E-state index contributed by atoms with van der Waals surface area (Å²) in [6.45, 7) is 0. The molecule has 0 aliphatic rings. The van der Waals surface area contributed by atoms with Gasteiger partial charge in [-0.05, 0) is 6.26 Å². The molecule has 0 saturated heterocycles. The Morgan fingerprint density at radius 3 is 2.58 bits per heavy atom. The van der Waals surface area contributed by atoms with Crippen LogP contribution in [0.4, 0.5) is 0 Å². The van der Waals surface area contributed by atoms with Gasteiger partial charge in [0.25, 0.3) is 0 Å². The van der Waals surface area contributed by atoms with Gasteiger partial charge in [0.15, 0.2) is 11.8 Å². The number of carboxylic acid groups (broad SMARTS) is 1. The van der Waals surface area contributed by atoms with E-state index in [0.29, 0.717) is 0 Å². The van der Waals surface area contributed by atoms with Crippen molar-refractivity contribution in [2.75, 3.05) is 12.0 Å². The Balaban J connectivity index is 4.50. The third kappa shape index (κ3) is 2.20. The molecule has 0 radical (unpaired) electrons. The Morgan fingerprint density at radius 1 is 1.83 bits per heavy atom. The van der Waals surface area contributed by atoms with Gasteiger partial charge in [-0.15, -0.1) is 0 Å². The highest BCUT2D eigenvalue weighted by Gasteiger charge is 2.41. The van der Waals surface area contributed by atoms with E-state index in [-0.39, 0.29) is 12.0 Å². The molecule has 0 aromatic rings. The second kappa shape index (κ2) is 4.44. The zero-order valence-corrected chi connectivity index (χ0v) is 7.37. The molecule has 0 bridgehead atoms. The van der Waals surface area contributed by atoms with Crippen LogP contribution in [0.1, 0.15) is 0 Å². The lowest BCUT2D eigenvalue weighted by Gasteiger charge is -2.23. The van der Waals surface area contributed by atoms with E-state index in [1.165, 1.54) is 11.8 Å². The molecular weight excluding hydrogens is 182 g/mol. The van der Waals surface area contributed by atoms with Crippen LogP contribution in [0.2, 0.25) is 0 Å². The van der Waals surface area contributed by atoms with Gasteiger partial charge >= 0.3 is 5.97 Å². The monoisotopic (exact) mass is 193 g/mol. The predicted octanol–water partition coefficient (Wildman–Crippen LogP) is -1.31. The molecule has 0 fully saturated rings. The molecule has 12 heavy (non-hydrogen) atoms. The fraction of sp³-hybridized carbons (Fsp3) is 0.667. The maximum atomic E-state index is 10.4. The molecule has 0 aromatic carbocycles. The van der Waals surface area contributed by atoms with Gasteiger partial charge in [-0.2, -0.15) is 11.8 Å². The van der Waals surface area contributed by atoms with Crippen molar-refractivity contribution in [2.45, 2.75) is 11.6 Å². The molecule has 0 saturated carbocycles. The quantitative estimate of drug-likeness (QED) is 0.370. The third-order valence-electron chi connectivity index (χ3n) is 1.44. The topological polar surface area (TPSA) is 101 Å². The number of aldehydes is 1. The summed E-state index contributed by atoms with van der Waals surface area (Å²) < 4.78 is 0. The molecule has 5 nitrogen and oxygen atoms in total. The average molecular weight is 193 g/mol. The Kier molecular flexibility index (Phi) is 4.22. The molecule has 70 valence electrons. The van der Waals surface area contributed by atoms with E-state index in [0.717, 1.165) is 0 Å². The lowest BCUT2D eigenvalue weighted by atomic mass is 9.97. The maximum Gasteiger partial charge on any atom is 0.333 e. The largest absolute Gasteiger partial charge is 0.479 e. The van der Waals surface area contributed by atoms with Crippen LogP contribution >= 0.6 is 11.8 Å². The Bertz CT molecular complexity index is 186. The van der Waals surface area contributed by atoms with Gasteiger partial charge in [0.2, 0.25) is 0 Å². The van der Waals surface area contributed by atoms with Gasteiger partial charge in [-0.3, -0.25) is 0 Å². The van der Waals surface area contributed by atoms with Crippen molar-refractivity contribution in [3.05, 3.63) is 0 Å². The summed E-state index contributed by atoms with van der Waals surface area (Å²) in [6.07, 6.45) is 0.370. The highest BCUT2D eigenvalue weighted by atomic mass is 32.2. The van der Waals surface area contributed by atoms with Gasteiger partial charge < -0.3 is 20.7 Å². The van der Waals surface area contributed by atoms with Crippen LogP contribution in [0.25, 0.3) is 0 Å². The normalized spacial score (nSPS) is 17.9. The van der Waals surface area contributed by atoms with E-state index in [4.69, 9.17) is 10.8 Å².